The first-order chi connectivity index (χ1) is 5.33. The minimum Gasteiger partial charge on any atom is -0.261 e. The monoisotopic (exact) mass is 211 g/mol. The summed E-state index contributed by atoms with van der Waals surface area (Å²) in [7, 11) is 0. The van der Waals surface area contributed by atoms with Gasteiger partial charge in [-0.15, -0.1) is 0 Å². The molecule has 1 aromatic carbocycles. The maximum Gasteiger partial charge on any atom is 0.0626 e. The summed E-state index contributed by atoms with van der Waals surface area (Å²) in [6.07, 6.45) is 2.89. The predicted molar refractivity (Wildman–Crippen MR) is 52.6 cm³/mol. The molecule has 0 heterocycles. The lowest BCUT2D eigenvalue weighted by Crippen LogP contribution is -1.68. The van der Waals surface area contributed by atoms with Crippen LogP contribution >= 0.6 is 15.9 Å². The van der Waals surface area contributed by atoms with Gasteiger partial charge in [0.2, 0.25) is 0 Å². The molecular weight excluding hydrogens is 202 g/mol. The van der Waals surface area contributed by atoms with Crippen molar-refractivity contribution in [1.82, 2.24) is 0 Å². The van der Waals surface area contributed by atoms with Crippen LogP contribution in [-0.2, 0) is 0 Å². The first-order valence-corrected chi connectivity index (χ1v) is 4.40. The molecule has 0 amide bonds. The first-order valence-electron chi connectivity index (χ1n) is 3.61. The van der Waals surface area contributed by atoms with Gasteiger partial charge in [-0.1, -0.05) is 22.9 Å². The lowest BCUT2D eigenvalue weighted by Gasteiger charge is -1.91. The molecule has 1 nitrogen and oxygen atoms in total. The quantitative estimate of drug-likeness (QED) is 0.664. The van der Waals surface area contributed by atoms with E-state index in [1.165, 1.54) is 0 Å². The Bertz CT molecular complexity index is 238. The molecule has 1 rings (SSSR count). The Kier molecular flexibility index (Phi) is 3.30. The maximum absolute atomic E-state index is 4.22. The van der Waals surface area contributed by atoms with Crippen LogP contribution < -0.4 is 0 Å². The summed E-state index contributed by atoms with van der Waals surface area (Å²) in [5.74, 6) is 0. The van der Waals surface area contributed by atoms with Crippen molar-refractivity contribution in [3.63, 3.8) is 0 Å². The van der Waals surface area contributed by atoms with E-state index in [9.17, 15) is 0 Å². The van der Waals surface area contributed by atoms with Crippen molar-refractivity contribution in [3.05, 3.63) is 28.7 Å². The smallest absolute Gasteiger partial charge is 0.0626 e. The van der Waals surface area contributed by atoms with Gasteiger partial charge in [-0.2, -0.15) is 0 Å². The minimum atomic E-state index is 0.982. The van der Waals surface area contributed by atoms with Crippen molar-refractivity contribution in [2.45, 2.75) is 13.3 Å². The van der Waals surface area contributed by atoms with Gasteiger partial charge in [0.25, 0.3) is 0 Å². The van der Waals surface area contributed by atoms with Gasteiger partial charge in [0.05, 0.1) is 5.69 Å². The van der Waals surface area contributed by atoms with E-state index in [4.69, 9.17) is 0 Å². The van der Waals surface area contributed by atoms with Crippen LogP contribution in [0.4, 0.5) is 5.69 Å². The van der Waals surface area contributed by atoms with Crippen LogP contribution in [0.2, 0.25) is 0 Å². The summed E-state index contributed by atoms with van der Waals surface area (Å²) in [6.45, 7) is 2.07. The largest absolute Gasteiger partial charge is 0.261 e. The molecule has 0 saturated carbocycles. The van der Waals surface area contributed by atoms with Crippen LogP contribution in [0.1, 0.15) is 13.3 Å². The standard InChI is InChI=1S/C9H10BrN/c1-2-7-11-9-5-3-8(10)4-6-9/h3-7H,2H2,1H3. The first kappa shape index (κ1) is 8.47. The second kappa shape index (κ2) is 4.29. The van der Waals surface area contributed by atoms with Crippen molar-refractivity contribution in [3.8, 4) is 0 Å². The molecule has 0 saturated heterocycles. The van der Waals surface area contributed by atoms with Crippen LogP contribution in [0.25, 0.3) is 0 Å². The van der Waals surface area contributed by atoms with Crippen molar-refractivity contribution < 1.29 is 0 Å². The highest BCUT2D eigenvalue weighted by Gasteiger charge is 1.86. The van der Waals surface area contributed by atoms with Crippen LogP contribution in [-0.4, -0.2) is 6.21 Å². The number of hydrogen-bond acceptors (Lipinski definition) is 1. The molecule has 0 aliphatic carbocycles. The summed E-state index contributed by atoms with van der Waals surface area (Å²) in [6, 6.07) is 7.94. The normalized spacial score (nSPS) is 10.7. The highest BCUT2D eigenvalue weighted by Crippen LogP contribution is 2.15. The Labute approximate surface area is 75.3 Å². The number of nitrogens with zero attached hydrogens (tertiary/aromatic N) is 1. The average molecular weight is 212 g/mol. The molecule has 0 radical (unpaired) electrons. The van der Waals surface area contributed by atoms with Crippen LogP contribution in [0.15, 0.2) is 33.7 Å². The van der Waals surface area contributed by atoms with Crippen LogP contribution in [0, 0.1) is 0 Å². The third-order valence-electron chi connectivity index (χ3n) is 1.25. The Hall–Kier alpha value is -0.630. The van der Waals surface area contributed by atoms with Crippen molar-refractivity contribution in [2.75, 3.05) is 0 Å². The molecule has 0 unspecified atom stereocenters. The predicted octanol–water partition coefficient (Wildman–Crippen LogP) is 3.56. The number of halogens is 1. The highest BCUT2D eigenvalue weighted by atomic mass is 79.9. The summed E-state index contributed by atoms with van der Waals surface area (Å²) >= 11 is 3.36. The molecule has 0 aromatic heterocycles. The third kappa shape index (κ3) is 2.85. The zero-order chi connectivity index (χ0) is 8.10. The van der Waals surface area contributed by atoms with E-state index < -0.39 is 0 Å². The van der Waals surface area contributed by atoms with Crippen LogP contribution in [0.5, 0.6) is 0 Å². The topological polar surface area (TPSA) is 12.4 Å². The van der Waals surface area contributed by atoms with E-state index in [1.54, 1.807) is 0 Å². The van der Waals surface area contributed by atoms with E-state index in [-0.39, 0.29) is 0 Å². The highest BCUT2D eigenvalue weighted by molar-refractivity contribution is 9.10. The van der Waals surface area contributed by atoms with Crippen molar-refractivity contribution in [2.24, 2.45) is 4.99 Å². The lowest BCUT2D eigenvalue weighted by atomic mass is 10.3. The van der Waals surface area contributed by atoms with Crippen molar-refractivity contribution >= 4 is 27.8 Å². The zero-order valence-electron chi connectivity index (χ0n) is 6.42. The second-order valence-electron chi connectivity index (χ2n) is 2.20. The number of rotatable bonds is 2. The van der Waals surface area contributed by atoms with E-state index in [1.807, 2.05) is 30.5 Å². The summed E-state index contributed by atoms with van der Waals surface area (Å²) in [4.78, 5) is 4.22. The number of hydrogen-bond donors (Lipinski definition) is 0. The Balaban J connectivity index is 2.73. The Morgan fingerprint density at radius 3 is 2.55 bits per heavy atom. The summed E-state index contributed by atoms with van der Waals surface area (Å²) < 4.78 is 1.09. The summed E-state index contributed by atoms with van der Waals surface area (Å²) in [5.41, 5.74) is 1.01. The summed E-state index contributed by atoms with van der Waals surface area (Å²) in [5, 5.41) is 0. The fraction of sp³-hybridized carbons (Fsp3) is 0.222. The van der Waals surface area contributed by atoms with Crippen LogP contribution in [0.3, 0.4) is 0 Å². The Morgan fingerprint density at radius 2 is 2.00 bits per heavy atom. The molecule has 2 heteroatoms. The molecule has 0 spiro atoms. The van der Waals surface area contributed by atoms with Gasteiger partial charge in [0, 0.05) is 10.7 Å². The lowest BCUT2D eigenvalue weighted by molar-refractivity contribution is 1.31. The molecular formula is C9H10BrN. The van der Waals surface area contributed by atoms with Gasteiger partial charge in [-0.25, -0.2) is 0 Å². The second-order valence-corrected chi connectivity index (χ2v) is 3.11. The molecule has 0 fully saturated rings. The molecule has 11 heavy (non-hydrogen) atoms. The Morgan fingerprint density at radius 1 is 1.36 bits per heavy atom. The molecule has 0 aliphatic heterocycles. The van der Waals surface area contributed by atoms with Crippen molar-refractivity contribution in [1.29, 1.82) is 0 Å². The molecule has 58 valence electrons. The van der Waals surface area contributed by atoms with Gasteiger partial charge < -0.3 is 0 Å². The number of aliphatic imine (C=N–C) groups is 1. The molecule has 1 aromatic rings. The molecule has 0 bridgehead atoms. The van der Waals surface area contributed by atoms with E-state index >= 15 is 0 Å². The number of benzene rings is 1. The van der Waals surface area contributed by atoms with E-state index in [0.29, 0.717) is 0 Å². The molecule has 0 aliphatic rings. The van der Waals surface area contributed by atoms with E-state index in [0.717, 1.165) is 16.6 Å². The average Bonchev–Trinajstić information content (AvgIpc) is 2.04. The molecule has 0 atom stereocenters. The SMILES string of the molecule is CCC=Nc1ccc(Br)cc1. The molecule has 0 N–H and O–H groups in total. The van der Waals surface area contributed by atoms with Gasteiger partial charge in [0.1, 0.15) is 0 Å². The fourth-order valence-electron chi connectivity index (χ4n) is 0.724. The zero-order valence-corrected chi connectivity index (χ0v) is 8.01. The van der Waals surface area contributed by atoms with Gasteiger partial charge in [0.15, 0.2) is 0 Å². The van der Waals surface area contributed by atoms with Gasteiger partial charge >= 0.3 is 0 Å². The van der Waals surface area contributed by atoms with Gasteiger partial charge in [-0.05, 0) is 30.7 Å². The maximum atomic E-state index is 4.22. The van der Waals surface area contributed by atoms with E-state index in [2.05, 4.69) is 27.8 Å². The third-order valence-corrected chi connectivity index (χ3v) is 1.78. The van der Waals surface area contributed by atoms with Gasteiger partial charge in [-0.3, -0.25) is 4.99 Å². The minimum absolute atomic E-state index is 0.982. The fourth-order valence-corrected chi connectivity index (χ4v) is 0.988.